The second-order valence-corrected chi connectivity index (χ2v) is 6.28. The maximum atomic E-state index is 12.1. The second-order valence-electron chi connectivity index (χ2n) is 5.21. The van der Waals surface area contributed by atoms with E-state index in [1.54, 1.807) is 48.0 Å². The minimum atomic E-state index is -0.125. The maximum Gasteiger partial charge on any atom is 0.251 e. The van der Waals surface area contributed by atoms with Crippen LogP contribution < -0.4 is 10.1 Å². The number of rotatable bonds is 6. The molecule has 2 heterocycles. The summed E-state index contributed by atoms with van der Waals surface area (Å²) < 4.78 is 5.67. The van der Waals surface area contributed by atoms with Crippen molar-refractivity contribution in [3.63, 3.8) is 0 Å². The predicted molar refractivity (Wildman–Crippen MR) is 93.0 cm³/mol. The molecule has 3 aromatic rings. The summed E-state index contributed by atoms with van der Waals surface area (Å²) in [4.78, 5) is 20.5. The number of thiazole rings is 1. The molecule has 0 saturated heterocycles. The van der Waals surface area contributed by atoms with Crippen molar-refractivity contribution >= 4 is 17.2 Å². The Morgan fingerprint density at radius 1 is 1.25 bits per heavy atom. The fourth-order valence-corrected chi connectivity index (χ4v) is 2.72. The van der Waals surface area contributed by atoms with Crippen molar-refractivity contribution in [2.24, 2.45) is 0 Å². The average Bonchev–Trinajstić information content (AvgIpc) is 3.04. The van der Waals surface area contributed by atoms with E-state index in [1.165, 1.54) is 0 Å². The van der Waals surface area contributed by atoms with Crippen LogP contribution in [0.25, 0.3) is 0 Å². The highest BCUT2D eigenvalue weighted by molar-refractivity contribution is 7.09. The van der Waals surface area contributed by atoms with E-state index >= 15 is 0 Å². The van der Waals surface area contributed by atoms with Gasteiger partial charge < -0.3 is 10.1 Å². The summed E-state index contributed by atoms with van der Waals surface area (Å²) in [7, 11) is 0. The number of aryl methyl sites for hydroxylation is 1. The molecule has 0 aliphatic carbocycles. The quantitative estimate of drug-likeness (QED) is 0.748. The van der Waals surface area contributed by atoms with Crippen LogP contribution in [0.15, 0.2) is 54.2 Å². The first kappa shape index (κ1) is 16.1. The monoisotopic (exact) mass is 339 g/mol. The summed E-state index contributed by atoms with van der Waals surface area (Å²) in [6.45, 7) is 2.85. The number of benzene rings is 1. The van der Waals surface area contributed by atoms with Crippen molar-refractivity contribution in [1.29, 1.82) is 0 Å². The van der Waals surface area contributed by atoms with Crippen LogP contribution in [0.1, 0.15) is 26.6 Å². The average molecular weight is 339 g/mol. The van der Waals surface area contributed by atoms with Crippen molar-refractivity contribution < 1.29 is 9.53 Å². The summed E-state index contributed by atoms with van der Waals surface area (Å²) >= 11 is 1.60. The minimum absolute atomic E-state index is 0.125. The largest absolute Gasteiger partial charge is 0.487 e. The Bertz CT molecular complexity index is 801. The van der Waals surface area contributed by atoms with Gasteiger partial charge in [-0.3, -0.25) is 9.78 Å². The van der Waals surface area contributed by atoms with Crippen molar-refractivity contribution in [1.82, 2.24) is 15.3 Å². The van der Waals surface area contributed by atoms with Gasteiger partial charge in [0.2, 0.25) is 0 Å². The Balaban J connectivity index is 1.52. The van der Waals surface area contributed by atoms with Crippen molar-refractivity contribution in [2.45, 2.75) is 20.1 Å². The Hall–Kier alpha value is -2.73. The lowest BCUT2D eigenvalue weighted by atomic mass is 10.2. The van der Waals surface area contributed by atoms with Gasteiger partial charge in [-0.25, -0.2) is 4.98 Å². The van der Waals surface area contributed by atoms with Crippen LogP contribution in [0.3, 0.4) is 0 Å². The number of carbonyl (C=O) groups excluding carboxylic acids is 1. The summed E-state index contributed by atoms with van der Waals surface area (Å²) in [6.07, 6.45) is 3.44. The van der Waals surface area contributed by atoms with E-state index in [0.717, 1.165) is 16.3 Å². The molecule has 5 nitrogen and oxygen atoms in total. The normalized spacial score (nSPS) is 10.4. The number of nitrogens with zero attached hydrogens (tertiary/aromatic N) is 2. The van der Waals surface area contributed by atoms with E-state index in [4.69, 9.17) is 4.74 Å². The van der Waals surface area contributed by atoms with Crippen LogP contribution in [-0.2, 0) is 13.2 Å². The lowest BCUT2D eigenvalue weighted by molar-refractivity contribution is 0.0951. The van der Waals surface area contributed by atoms with Crippen LogP contribution in [0.5, 0.6) is 5.75 Å². The van der Waals surface area contributed by atoms with Gasteiger partial charge in [-0.05, 0) is 42.8 Å². The SMILES string of the molecule is Cc1nc(COc2ccc(C(=O)NCc3cccnc3)cc2)cs1. The van der Waals surface area contributed by atoms with Crippen molar-refractivity contribution in [3.05, 3.63) is 76.0 Å². The zero-order valence-electron chi connectivity index (χ0n) is 13.2. The molecule has 2 aromatic heterocycles. The molecule has 0 atom stereocenters. The Kier molecular flexibility index (Phi) is 5.18. The summed E-state index contributed by atoms with van der Waals surface area (Å²) in [5.74, 6) is 0.588. The molecule has 0 saturated carbocycles. The van der Waals surface area contributed by atoms with Gasteiger partial charge in [0.25, 0.3) is 5.91 Å². The fraction of sp³-hybridized carbons (Fsp3) is 0.167. The molecule has 0 aliphatic rings. The van der Waals surface area contributed by atoms with Crippen LogP contribution in [-0.4, -0.2) is 15.9 Å². The number of pyridine rings is 1. The molecule has 3 rings (SSSR count). The number of hydrogen-bond acceptors (Lipinski definition) is 5. The molecule has 0 aliphatic heterocycles. The number of ether oxygens (including phenoxy) is 1. The van der Waals surface area contributed by atoms with Gasteiger partial charge in [-0.15, -0.1) is 11.3 Å². The molecule has 1 amide bonds. The zero-order valence-corrected chi connectivity index (χ0v) is 14.0. The predicted octanol–water partition coefficient (Wildman–Crippen LogP) is 3.36. The van der Waals surface area contributed by atoms with Crippen LogP contribution >= 0.6 is 11.3 Å². The Labute approximate surface area is 144 Å². The number of carbonyl (C=O) groups is 1. The van der Waals surface area contributed by atoms with E-state index < -0.39 is 0 Å². The van der Waals surface area contributed by atoms with Gasteiger partial charge in [0, 0.05) is 29.9 Å². The maximum absolute atomic E-state index is 12.1. The molecule has 24 heavy (non-hydrogen) atoms. The Morgan fingerprint density at radius 2 is 2.08 bits per heavy atom. The molecule has 6 heteroatoms. The van der Waals surface area contributed by atoms with Gasteiger partial charge in [-0.2, -0.15) is 0 Å². The molecule has 0 spiro atoms. The molecule has 0 unspecified atom stereocenters. The highest BCUT2D eigenvalue weighted by atomic mass is 32.1. The van der Waals surface area contributed by atoms with Gasteiger partial charge in [0.05, 0.1) is 10.7 Å². The highest BCUT2D eigenvalue weighted by Gasteiger charge is 2.06. The minimum Gasteiger partial charge on any atom is -0.487 e. The number of hydrogen-bond donors (Lipinski definition) is 1. The molecule has 0 fully saturated rings. The van der Waals surface area contributed by atoms with E-state index in [0.29, 0.717) is 24.5 Å². The molecular formula is C18H17N3O2S. The molecule has 0 radical (unpaired) electrons. The van der Waals surface area contributed by atoms with Crippen LogP contribution in [0, 0.1) is 6.92 Å². The van der Waals surface area contributed by atoms with Gasteiger partial charge in [0.15, 0.2) is 0 Å². The van der Waals surface area contributed by atoms with E-state index in [1.807, 2.05) is 24.4 Å². The first-order chi connectivity index (χ1) is 11.7. The molecule has 1 aromatic carbocycles. The molecule has 0 bridgehead atoms. The van der Waals surface area contributed by atoms with E-state index in [9.17, 15) is 4.79 Å². The van der Waals surface area contributed by atoms with E-state index in [-0.39, 0.29) is 5.91 Å². The Morgan fingerprint density at radius 3 is 2.75 bits per heavy atom. The smallest absolute Gasteiger partial charge is 0.251 e. The zero-order chi connectivity index (χ0) is 16.8. The van der Waals surface area contributed by atoms with E-state index in [2.05, 4.69) is 15.3 Å². The third kappa shape index (κ3) is 4.39. The lowest BCUT2D eigenvalue weighted by Gasteiger charge is -2.07. The molecule has 122 valence electrons. The van der Waals surface area contributed by atoms with Crippen molar-refractivity contribution in [3.8, 4) is 5.75 Å². The van der Waals surface area contributed by atoms with Crippen molar-refractivity contribution in [2.75, 3.05) is 0 Å². The lowest BCUT2D eigenvalue weighted by Crippen LogP contribution is -2.22. The number of aromatic nitrogens is 2. The number of amides is 1. The summed E-state index contributed by atoms with van der Waals surface area (Å²) in [6, 6.07) is 10.8. The van der Waals surface area contributed by atoms with Crippen LogP contribution in [0.4, 0.5) is 0 Å². The second kappa shape index (κ2) is 7.70. The topological polar surface area (TPSA) is 64.1 Å². The molecular weight excluding hydrogens is 322 g/mol. The van der Waals surface area contributed by atoms with Gasteiger partial charge in [0.1, 0.15) is 12.4 Å². The summed E-state index contributed by atoms with van der Waals surface area (Å²) in [5, 5.41) is 5.87. The first-order valence-electron chi connectivity index (χ1n) is 7.52. The highest BCUT2D eigenvalue weighted by Crippen LogP contribution is 2.15. The number of nitrogens with one attached hydrogen (secondary N) is 1. The molecule has 1 N–H and O–H groups in total. The third-order valence-corrected chi connectivity index (χ3v) is 4.17. The standard InChI is InChI=1S/C18H17N3O2S/c1-13-21-16(12-24-13)11-23-17-6-4-15(5-7-17)18(22)20-10-14-3-2-8-19-9-14/h2-9,12H,10-11H2,1H3,(H,20,22). The first-order valence-corrected chi connectivity index (χ1v) is 8.39. The summed E-state index contributed by atoms with van der Waals surface area (Å²) in [5.41, 5.74) is 2.47. The van der Waals surface area contributed by atoms with Crippen LogP contribution in [0.2, 0.25) is 0 Å². The van der Waals surface area contributed by atoms with Gasteiger partial charge >= 0.3 is 0 Å². The fourth-order valence-electron chi connectivity index (χ4n) is 2.12. The van der Waals surface area contributed by atoms with Gasteiger partial charge in [-0.1, -0.05) is 6.07 Å². The third-order valence-electron chi connectivity index (χ3n) is 3.35.